The Morgan fingerprint density at radius 2 is 1.71 bits per heavy atom. The Kier molecular flexibility index (Phi) is 7.35. The van der Waals surface area contributed by atoms with Gasteiger partial charge in [0, 0.05) is 24.9 Å². The average molecular weight is 323 g/mol. The standard InChI is InChI=1S/C13H11BF4NO.K/c15-11-1-2-12(14(16,17)18)13(9-11)20-8-5-10-3-6-19-7-4-10;/h1-4,6-7,9H,5,8H2;/q-1;+1. The van der Waals surface area contributed by atoms with Crippen molar-refractivity contribution in [2.75, 3.05) is 6.61 Å². The Hall–Kier alpha value is -0.409. The minimum absolute atomic E-state index is 0. The number of hydrogen-bond acceptors (Lipinski definition) is 2. The van der Waals surface area contributed by atoms with Gasteiger partial charge in [-0.15, -0.1) is 0 Å². The van der Waals surface area contributed by atoms with E-state index in [1.54, 1.807) is 24.5 Å². The van der Waals surface area contributed by atoms with Gasteiger partial charge in [0.05, 0.1) is 12.4 Å². The molecule has 0 aliphatic heterocycles. The Bertz CT molecular complexity index is 580. The fourth-order valence-corrected chi connectivity index (χ4v) is 1.73. The molecule has 0 fully saturated rings. The fourth-order valence-electron chi connectivity index (χ4n) is 1.73. The molecule has 1 heterocycles. The molecule has 0 radical (unpaired) electrons. The zero-order chi connectivity index (χ0) is 14.6. The summed E-state index contributed by atoms with van der Waals surface area (Å²) in [5, 5.41) is 0. The molecule has 2 aromatic rings. The summed E-state index contributed by atoms with van der Waals surface area (Å²) in [5.74, 6) is -1.22. The quantitative estimate of drug-likeness (QED) is 0.566. The van der Waals surface area contributed by atoms with Gasteiger partial charge in [-0.3, -0.25) is 4.98 Å². The number of pyridine rings is 1. The Balaban J connectivity index is 0.00000220. The van der Waals surface area contributed by atoms with E-state index < -0.39 is 24.0 Å². The van der Waals surface area contributed by atoms with Gasteiger partial charge in [0.2, 0.25) is 0 Å². The van der Waals surface area contributed by atoms with Crippen LogP contribution < -0.4 is 61.6 Å². The second kappa shape index (κ2) is 8.28. The van der Waals surface area contributed by atoms with Crippen LogP contribution in [-0.4, -0.2) is 18.6 Å². The first-order chi connectivity index (χ1) is 9.47. The summed E-state index contributed by atoms with van der Waals surface area (Å²) in [4.78, 5) is 3.83. The summed E-state index contributed by atoms with van der Waals surface area (Å²) < 4.78 is 56.5. The zero-order valence-electron chi connectivity index (χ0n) is 11.4. The van der Waals surface area contributed by atoms with Gasteiger partial charge in [0.1, 0.15) is 5.82 Å². The molecule has 2 rings (SSSR count). The number of aromatic nitrogens is 1. The van der Waals surface area contributed by atoms with E-state index in [0.717, 1.165) is 17.7 Å². The van der Waals surface area contributed by atoms with Crippen molar-refractivity contribution < 1.29 is 73.5 Å². The number of nitrogens with zero attached hydrogens (tertiary/aromatic N) is 1. The van der Waals surface area contributed by atoms with Crippen molar-refractivity contribution in [2.24, 2.45) is 0 Å². The molecule has 0 aliphatic rings. The Morgan fingerprint density at radius 3 is 2.33 bits per heavy atom. The minimum atomic E-state index is -5.23. The summed E-state index contributed by atoms with van der Waals surface area (Å²) in [6.45, 7) is -5.19. The summed E-state index contributed by atoms with van der Waals surface area (Å²) in [6.07, 6.45) is 3.59. The molecule has 1 aromatic heterocycles. The normalized spacial score (nSPS) is 10.9. The van der Waals surface area contributed by atoms with Crippen molar-refractivity contribution in [3.8, 4) is 5.75 Å². The molecule has 2 nitrogen and oxygen atoms in total. The van der Waals surface area contributed by atoms with Gasteiger partial charge in [-0.1, -0.05) is 11.5 Å². The van der Waals surface area contributed by atoms with Crippen LogP contribution in [-0.2, 0) is 6.42 Å². The van der Waals surface area contributed by atoms with Gasteiger partial charge < -0.3 is 17.7 Å². The van der Waals surface area contributed by atoms with Crippen LogP contribution in [0, 0.1) is 5.82 Å². The van der Waals surface area contributed by atoms with E-state index in [4.69, 9.17) is 4.74 Å². The maximum atomic E-state index is 13.0. The molecule has 21 heavy (non-hydrogen) atoms. The summed E-state index contributed by atoms with van der Waals surface area (Å²) in [5.41, 5.74) is -0.0309. The molecule has 0 atom stereocenters. The van der Waals surface area contributed by atoms with Crippen molar-refractivity contribution in [2.45, 2.75) is 6.42 Å². The van der Waals surface area contributed by atoms with Gasteiger partial charge in [0.15, 0.2) is 0 Å². The number of hydrogen-bond donors (Lipinski definition) is 0. The smallest absolute Gasteiger partial charge is 0.496 e. The largest absolute Gasteiger partial charge is 1.00 e. The summed E-state index contributed by atoms with van der Waals surface area (Å²) in [7, 11) is 0. The molecule has 0 amide bonds. The molecule has 8 heteroatoms. The van der Waals surface area contributed by atoms with Crippen molar-refractivity contribution in [3.05, 3.63) is 54.1 Å². The van der Waals surface area contributed by atoms with E-state index in [-0.39, 0.29) is 58.0 Å². The van der Waals surface area contributed by atoms with Crippen LogP contribution in [0.15, 0.2) is 42.7 Å². The monoisotopic (exact) mass is 323 g/mol. The third-order valence-corrected chi connectivity index (χ3v) is 2.73. The van der Waals surface area contributed by atoms with Crippen LogP contribution in [0.4, 0.5) is 17.3 Å². The number of ether oxygens (including phenoxy) is 1. The van der Waals surface area contributed by atoms with Crippen molar-refractivity contribution in [3.63, 3.8) is 0 Å². The minimum Gasteiger partial charge on any atom is -0.496 e. The first-order valence-corrected chi connectivity index (χ1v) is 5.98. The molecule has 0 spiro atoms. The van der Waals surface area contributed by atoms with Gasteiger partial charge in [-0.05, 0) is 23.8 Å². The van der Waals surface area contributed by atoms with E-state index in [2.05, 4.69) is 4.98 Å². The Morgan fingerprint density at radius 1 is 1.05 bits per heavy atom. The van der Waals surface area contributed by atoms with E-state index >= 15 is 0 Å². The molecular formula is C13H11BF4KNO. The van der Waals surface area contributed by atoms with Crippen molar-refractivity contribution in [1.82, 2.24) is 4.98 Å². The van der Waals surface area contributed by atoms with Crippen LogP contribution in [0.5, 0.6) is 5.75 Å². The fraction of sp³-hybridized carbons (Fsp3) is 0.154. The van der Waals surface area contributed by atoms with Gasteiger partial charge >= 0.3 is 58.4 Å². The average Bonchev–Trinajstić information content (AvgIpc) is 2.38. The Labute approximate surface area is 162 Å². The van der Waals surface area contributed by atoms with Crippen LogP contribution in [0.3, 0.4) is 0 Å². The van der Waals surface area contributed by atoms with E-state index in [1.165, 1.54) is 0 Å². The molecule has 0 N–H and O–H groups in total. The van der Waals surface area contributed by atoms with Gasteiger partial charge in [-0.2, -0.15) is 0 Å². The first kappa shape index (κ1) is 18.6. The molecule has 0 aliphatic carbocycles. The molecule has 106 valence electrons. The van der Waals surface area contributed by atoms with Gasteiger partial charge in [0.25, 0.3) is 0 Å². The van der Waals surface area contributed by atoms with Crippen molar-refractivity contribution >= 4 is 12.4 Å². The third kappa shape index (κ3) is 5.71. The molecular weight excluding hydrogens is 312 g/mol. The third-order valence-electron chi connectivity index (χ3n) is 2.73. The second-order valence-electron chi connectivity index (χ2n) is 4.21. The second-order valence-corrected chi connectivity index (χ2v) is 4.21. The van der Waals surface area contributed by atoms with Crippen LogP contribution in [0.25, 0.3) is 0 Å². The maximum Gasteiger partial charge on any atom is 1.00 e. The zero-order valence-corrected chi connectivity index (χ0v) is 14.5. The molecule has 0 saturated heterocycles. The number of halogens is 4. The van der Waals surface area contributed by atoms with Crippen LogP contribution >= 0.6 is 0 Å². The maximum absolute atomic E-state index is 13.0. The summed E-state index contributed by atoms with van der Waals surface area (Å²) in [6, 6.07) is 5.72. The first-order valence-electron chi connectivity index (χ1n) is 5.98. The molecule has 0 saturated carbocycles. The topological polar surface area (TPSA) is 22.1 Å². The number of rotatable bonds is 5. The van der Waals surface area contributed by atoms with Gasteiger partial charge in [-0.25, -0.2) is 4.39 Å². The summed E-state index contributed by atoms with van der Waals surface area (Å²) >= 11 is 0. The van der Waals surface area contributed by atoms with Crippen LogP contribution in [0.2, 0.25) is 0 Å². The van der Waals surface area contributed by atoms with Crippen LogP contribution in [0.1, 0.15) is 5.56 Å². The van der Waals surface area contributed by atoms with Crippen molar-refractivity contribution in [1.29, 1.82) is 0 Å². The predicted molar refractivity (Wildman–Crippen MR) is 68.5 cm³/mol. The SMILES string of the molecule is Fc1ccc([B-](F)(F)F)c(OCCc2ccncc2)c1.[K+]. The van der Waals surface area contributed by atoms with E-state index in [0.29, 0.717) is 12.5 Å². The molecule has 1 aromatic carbocycles. The van der Waals surface area contributed by atoms with E-state index in [9.17, 15) is 17.3 Å². The number of benzene rings is 1. The van der Waals surface area contributed by atoms with E-state index in [1.807, 2.05) is 0 Å². The predicted octanol–water partition coefficient (Wildman–Crippen LogP) is -0.0994. The molecule has 0 unspecified atom stereocenters. The molecule has 0 bridgehead atoms.